The zero-order chi connectivity index (χ0) is 27.2. The number of likely N-dealkylation sites (tertiary alicyclic amines) is 1. The molecule has 0 saturated carbocycles. The number of carbonyl (C=O) groups excluding carboxylic acids is 1. The number of halogens is 4. The minimum atomic E-state index is -4.61. The Morgan fingerprint density at radius 3 is 2.51 bits per heavy atom. The summed E-state index contributed by atoms with van der Waals surface area (Å²) in [7, 11) is 4.00. The van der Waals surface area contributed by atoms with E-state index in [0.29, 0.717) is 31.4 Å². The Kier molecular flexibility index (Phi) is 9.74. The van der Waals surface area contributed by atoms with Crippen molar-refractivity contribution in [1.82, 2.24) is 9.80 Å². The van der Waals surface area contributed by atoms with E-state index in [1.165, 1.54) is 24.3 Å². The number of benzene rings is 2. The maximum atomic E-state index is 13.9. The molecule has 1 saturated heterocycles. The van der Waals surface area contributed by atoms with Crippen molar-refractivity contribution >= 4 is 28.9 Å². The molecule has 1 amide bonds. The molecular formula is C25H30ClF3N4O4. The number of nitro benzene ring substituents is 1. The van der Waals surface area contributed by atoms with E-state index in [-0.39, 0.29) is 35.7 Å². The van der Waals surface area contributed by atoms with Gasteiger partial charge in [0.2, 0.25) is 0 Å². The molecule has 0 aliphatic carbocycles. The Labute approximate surface area is 218 Å². The van der Waals surface area contributed by atoms with Crippen molar-refractivity contribution in [2.45, 2.75) is 38.0 Å². The van der Waals surface area contributed by atoms with Gasteiger partial charge in [-0.25, -0.2) is 0 Å². The molecule has 0 spiro atoms. The average Bonchev–Trinajstić information content (AvgIpc) is 2.84. The molecule has 0 aromatic heterocycles. The molecule has 202 valence electrons. The molecule has 1 aliphatic rings. The van der Waals surface area contributed by atoms with Gasteiger partial charge in [0.1, 0.15) is 0 Å². The van der Waals surface area contributed by atoms with Crippen LogP contribution in [-0.2, 0) is 12.7 Å². The van der Waals surface area contributed by atoms with E-state index in [1.807, 2.05) is 19.0 Å². The fraction of sp³-hybridized carbons (Fsp3) is 0.480. The molecule has 0 radical (unpaired) electrons. The predicted octanol–water partition coefficient (Wildman–Crippen LogP) is 5.40. The van der Waals surface area contributed by atoms with Gasteiger partial charge >= 0.3 is 11.9 Å². The Morgan fingerprint density at radius 1 is 1.22 bits per heavy atom. The quantitative estimate of drug-likeness (QED) is 0.187. The monoisotopic (exact) mass is 542 g/mol. The van der Waals surface area contributed by atoms with Gasteiger partial charge in [-0.1, -0.05) is 6.07 Å². The van der Waals surface area contributed by atoms with Crippen LogP contribution in [0.15, 0.2) is 36.4 Å². The van der Waals surface area contributed by atoms with Crippen LogP contribution in [0.2, 0.25) is 0 Å². The summed E-state index contributed by atoms with van der Waals surface area (Å²) in [5.41, 5.74) is -1.26. The van der Waals surface area contributed by atoms with E-state index in [2.05, 4.69) is 10.2 Å². The Hall–Kier alpha value is -2.89. The molecular weight excluding hydrogens is 513 g/mol. The summed E-state index contributed by atoms with van der Waals surface area (Å²) >= 11 is 5.59. The number of ether oxygens (including phenoxy) is 1. The lowest BCUT2D eigenvalue weighted by atomic mass is 10.0. The van der Waals surface area contributed by atoms with Crippen molar-refractivity contribution < 1.29 is 27.6 Å². The average molecular weight is 543 g/mol. The van der Waals surface area contributed by atoms with Crippen LogP contribution in [0.5, 0.6) is 5.75 Å². The molecule has 3 rings (SSSR count). The van der Waals surface area contributed by atoms with Gasteiger partial charge in [0.25, 0.3) is 5.91 Å². The van der Waals surface area contributed by atoms with E-state index < -0.39 is 28.3 Å². The summed E-state index contributed by atoms with van der Waals surface area (Å²) < 4.78 is 47.0. The molecule has 1 fully saturated rings. The Morgan fingerprint density at radius 2 is 1.92 bits per heavy atom. The van der Waals surface area contributed by atoms with Crippen molar-refractivity contribution in [1.29, 1.82) is 0 Å². The summed E-state index contributed by atoms with van der Waals surface area (Å²) in [6, 6.07) is 7.72. The standard InChI is InChI=1S/C25H30ClF3N4O4/c1-31(2)20-8-11-32(12-9-20)16-18-4-6-19(15-21(18)25(27,28)29)30-24(34)17-5-7-23(37-13-3-10-26)22(14-17)33(35)36/h4-7,14-15,20H,3,8-13,16H2,1-2H3,(H,30,34). The Bertz CT molecular complexity index is 1110. The number of nitrogens with zero attached hydrogens (tertiary/aromatic N) is 3. The summed E-state index contributed by atoms with van der Waals surface area (Å²) in [6.07, 6.45) is -2.37. The summed E-state index contributed by atoms with van der Waals surface area (Å²) in [4.78, 5) is 27.6. The number of carbonyl (C=O) groups is 1. The number of piperidine rings is 1. The topological polar surface area (TPSA) is 88.0 Å². The molecule has 37 heavy (non-hydrogen) atoms. The number of anilines is 1. The number of nitro groups is 1. The van der Waals surface area contributed by atoms with Gasteiger partial charge in [-0.15, -0.1) is 11.6 Å². The number of alkyl halides is 4. The van der Waals surface area contributed by atoms with Gasteiger partial charge < -0.3 is 15.0 Å². The number of amides is 1. The van der Waals surface area contributed by atoms with Gasteiger partial charge in [-0.05, 0) is 76.3 Å². The molecule has 0 bridgehead atoms. The molecule has 2 aromatic rings. The lowest BCUT2D eigenvalue weighted by molar-refractivity contribution is -0.385. The van der Waals surface area contributed by atoms with Crippen molar-refractivity contribution in [2.75, 3.05) is 45.0 Å². The third-order valence-electron chi connectivity index (χ3n) is 6.31. The van der Waals surface area contributed by atoms with Gasteiger partial charge in [-0.2, -0.15) is 13.2 Å². The number of rotatable bonds is 10. The SMILES string of the molecule is CN(C)C1CCN(Cc2ccc(NC(=O)c3ccc(OCCCCl)c([N+](=O)[O-])c3)cc2C(F)(F)F)CC1. The molecule has 1 N–H and O–H groups in total. The normalized spacial score (nSPS) is 15.1. The highest BCUT2D eigenvalue weighted by Crippen LogP contribution is 2.35. The summed E-state index contributed by atoms with van der Waals surface area (Å²) in [6.45, 7) is 1.71. The number of nitrogens with one attached hydrogen (secondary N) is 1. The molecule has 8 nitrogen and oxygen atoms in total. The van der Waals surface area contributed by atoms with E-state index in [9.17, 15) is 28.1 Å². The predicted molar refractivity (Wildman–Crippen MR) is 135 cm³/mol. The first-order chi connectivity index (χ1) is 17.5. The van der Waals surface area contributed by atoms with Crippen LogP contribution in [0.4, 0.5) is 24.5 Å². The van der Waals surface area contributed by atoms with Crippen molar-refractivity contribution in [2.24, 2.45) is 0 Å². The minimum absolute atomic E-state index is 0.0232. The highest BCUT2D eigenvalue weighted by Gasteiger charge is 2.34. The fourth-order valence-electron chi connectivity index (χ4n) is 4.25. The van der Waals surface area contributed by atoms with Crippen LogP contribution in [0, 0.1) is 10.1 Å². The maximum Gasteiger partial charge on any atom is 0.416 e. The smallest absolute Gasteiger partial charge is 0.416 e. The van der Waals surface area contributed by atoms with Crippen LogP contribution in [0.1, 0.15) is 40.7 Å². The molecule has 1 aliphatic heterocycles. The molecule has 12 heteroatoms. The molecule has 1 heterocycles. The lowest BCUT2D eigenvalue weighted by Crippen LogP contribution is -2.41. The van der Waals surface area contributed by atoms with Crippen molar-refractivity contribution in [3.8, 4) is 5.75 Å². The van der Waals surface area contributed by atoms with Crippen LogP contribution in [0.25, 0.3) is 0 Å². The first kappa shape index (κ1) is 28.7. The third-order valence-corrected chi connectivity index (χ3v) is 6.58. The van der Waals surface area contributed by atoms with Crippen LogP contribution in [-0.4, -0.2) is 66.3 Å². The maximum absolute atomic E-state index is 13.9. The highest BCUT2D eigenvalue weighted by molar-refractivity contribution is 6.17. The van der Waals surface area contributed by atoms with Crippen LogP contribution >= 0.6 is 11.6 Å². The molecule has 2 aromatic carbocycles. The van der Waals surface area contributed by atoms with E-state index >= 15 is 0 Å². The van der Waals surface area contributed by atoms with E-state index in [1.54, 1.807) is 0 Å². The molecule has 0 atom stereocenters. The van der Waals surface area contributed by atoms with Crippen molar-refractivity contribution in [3.05, 3.63) is 63.2 Å². The van der Waals surface area contributed by atoms with E-state index in [0.717, 1.165) is 25.0 Å². The highest BCUT2D eigenvalue weighted by atomic mass is 35.5. The van der Waals surface area contributed by atoms with Gasteiger partial charge in [0.15, 0.2) is 5.75 Å². The van der Waals surface area contributed by atoms with Gasteiger partial charge in [-0.3, -0.25) is 19.8 Å². The van der Waals surface area contributed by atoms with Crippen LogP contribution < -0.4 is 10.1 Å². The minimum Gasteiger partial charge on any atom is -0.487 e. The first-order valence-electron chi connectivity index (χ1n) is 11.9. The first-order valence-corrected chi connectivity index (χ1v) is 12.4. The number of hydrogen-bond acceptors (Lipinski definition) is 6. The van der Waals surface area contributed by atoms with Crippen LogP contribution in [0.3, 0.4) is 0 Å². The number of hydrogen-bond donors (Lipinski definition) is 1. The summed E-state index contributed by atoms with van der Waals surface area (Å²) in [5.74, 6) is -0.478. The second kappa shape index (κ2) is 12.6. The largest absolute Gasteiger partial charge is 0.487 e. The van der Waals surface area contributed by atoms with Gasteiger partial charge in [0.05, 0.1) is 17.1 Å². The zero-order valence-electron chi connectivity index (χ0n) is 20.7. The Balaban J connectivity index is 1.76. The second-order valence-corrected chi connectivity index (χ2v) is 9.50. The van der Waals surface area contributed by atoms with Crippen molar-refractivity contribution in [3.63, 3.8) is 0 Å². The fourth-order valence-corrected chi connectivity index (χ4v) is 4.36. The summed E-state index contributed by atoms with van der Waals surface area (Å²) in [5, 5.41) is 13.9. The third kappa shape index (κ3) is 7.80. The second-order valence-electron chi connectivity index (χ2n) is 9.13. The van der Waals surface area contributed by atoms with E-state index in [4.69, 9.17) is 16.3 Å². The lowest BCUT2D eigenvalue weighted by Gasteiger charge is -2.35. The van der Waals surface area contributed by atoms with Gasteiger partial charge in [0, 0.05) is 35.8 Å². The molecule has 0 unspecified atom stereocenters. The zero-order valence-corrected chi connectivity index (χ0v) is 21.4.